The maximum Gasteiger partial charge on any atom is 0.305 e. The normalized spacial score (nSPS) is 14.8. The minimum absolute atomic E-state index is 0.0159. The Hall–Kier alpha value is -1.10. The summed E-state index contributed by atoms with van der Waals surface area (Å²) in [5.41, 5.74) is 5.48. The van der Waals surface area contributed by atoms with Gasteiger partial charge in [-0.15, -0.1) is 0 Å². The average Bonchev–Trinajstić information content (AvgIpc) is 2.22. The fraction of sp³-hybridized carbons (Fsp3) is 0.857. The van der Waals surface area contributed by atoms with Crippen molar-refractivity contribution in [2.75, 3.05) is 6.54 Å². The van der Waals surface area contributed by atoms with Gasteiger partial charge in [-0.2, -0.15) is 0 Å². The van der Waals surface area contributed by atoms with E-state index in [9.17, 15) is 9.59 Å². The van der Waals surface area contributed by atoms with Crippen LogP contribution in [0.2, 0.25) is 0 Å². The average molecular weight is 272 g/mol. The Labute approximate surface area is 115 Å². The molecule has 0 bridgehead atoms. The van der Waals surface area contributed by atoms with Crippen molar-refractivity contribution in [3.63, 3.8) is 0 Å². The summed E-state index contributed by atoms with van der Waals surface area (Å²) in [6, 6.07) is -0.307. The van der Waals surface area contributed by atoms with Gasteiger partial charge in [0, 0.05) is 12.5 Å². The molecule has 112 valence electrons. The molecule has 0 aliphatic rings. The van der Waals surface area contributed by atoms with E-state index in [1.165, 1.54) is 0 Å². The molecule has 0 heterocycles. The second kappa shape index (κ2) is 8.15. The Morgan fingerprint density at radius 3 is 2.32 bits per heavy atom. The first-order valence-electron chi connectivity index (χ1n) is 6.85. The van der Waals surface area contributed by atoms with Crippen molar-refractivity contribution in [3.05, 3.63) is 0 Å². The van der Waals surface area contributed by atoms with Crippen molar-refractivity contribution < 1.29 is 14.7 Å². The lowest BCUT2D eigenvalue weighted by atomic mass is 9.87. The predicted octanol–water partition coefficient (Wildman–Crippen LogP) is 1.76. The van der Waals surface area contributed by atoms with Crippen LogP contribution in [0.15, 0.2) is 0 Å². The summed E-state index contributed by atoms with van der Waals surface area (Å²) in [5, 5.41) is 11.7. The van der Waals surface area contributed by atoms with Gasteiger partial charge in [0.25, 0.3) is 0 Å². The van der Waals surface area contributed by atoms with Gasteiger partial charge in [-0.25, -0.2) is 0 Å². The van der Waals surface area contributed by atoms with E-state index in [2.05, 4.69) is 5.32 Å². The number of carboxylic acid groups (broad SMARTS) is 1. The quantitative estimate of drug-likeness (QED) is 0.627. The summed E-state index contributed by atoms with van der Waals surface area (Å²) >= 11 is 0. The molecule has 0 fully saturated rings. The Morgan fingerprint density at radius 1 is 1.32 bits per heavy atom. The molecule has 0 aliphatic carbocycles. The molecule has 0 aliphatic heterocycles. The van der Waals surface area contributed by atoms with E-state index in [0.717, 1.165) is 6.42 Å². The topological polar surface area (TPSA) is 92.4 Å². The van der Waals surface area contributed by atoms with Crippen LogP contribution in [0.3, 0.4) is 0 Å². The third kappa shape index (κ3) is 10.5. The van der Waals surface area contributed by atoms with Gasteiger partial charge in [0.15, 0.2) is 0 Å². The van der Waals surface area contributed by atoms with Crippen LogP contribution in [0.1, 0.15) is 53.4 Å². The van der Waals surface area contributed by atoms with Crippen LogP contribution < -0.4 is 11.1 Å². The van der Waals surface area contributed by atoms with Gasteiger partial charge >= 0.3 is 5.97 Å². The molecule has 0 rings (SSSR count). The van der Waals surface area contributed by atoms with Crippen molar-refractivity contribution in [3.8, 4) is 0 Å². The van der Waals surface area contributed by atoms with Gasteiger partial charge in [-0.1, -0.05) is 27.7 Å². The Bertz CT molecular complexity index is 298. The number of hydrogen-bond donors (Lipinski definition) is 3. The lowest BCUT2D eigenvalue weighted by Gasteiger charge is -2.26. The molecule has 0 aromatic carbocycles. The fourth-order valence-electron chi connectivity index (χ4n) is 1.92. The molecule has 1 amide bonds. The maximum absolute atomic E-state index is 11.8. The Morgan fingerprint density at radius 2 is 1.89 bits per heavy atom. The largest absolute Gasteiger partial charge is 0.481 e. The van der Waals surface area contributed by atoms with Gasteiger partial charge in [0.05, 0.1) is 6.42 Å². The van der Waals surface area contributed by atoms with Gasteiger partial charge in [-0.05, 0) is 30.7 Å². The summed E-state index contributed by atoms with van der Waals surface area (Å²) in [6.07, 6.45) is 1.75. The van der Waals surface area contributed by atoms with Gasteiger partial charge in [0.2, 0.25) is 5.91 Å². The smallest absolute Gasteiger partial charge is 0.305 e. The molecule has 0 aromatic heterocycles. The molecule has 4 N–H and O–H groups in total. The zero-order valence-electron chi connectivity index (χ0n) is 12.5. The van der Waals surface area contributed by atoms with Gasteiger partial charge in [-0.3, -0.25) is 9.59 Å². The highest BCUT2D eigenvalue weighted by Gasteiger charge is 2.22. The Kier molecular flexibility index (Phi) is 7.68. The van der Waals surface area contributed by atoms with Crippen LogP contribution in [0.25, 0.3) is 0 Å². The number of amides is 1. The standard InChI is InChI=1S/C14H28N2O3/c1-10(9-15)5-6-12(17)16-11(7-13(18)19)8-14(2,3)4/h10-11H,5-9,15H2,1-4H3,(H,16,17)(H,18,19). The number of carbonyl (C=O) groups is 2. The fourth-order valence-corrected chi connectivity index (χ4v) is 1.92. The highest BCUT2D eigenvalue weighted by Crippen LogP contribution is 2.22. The van der Waals surface area contributed by atoms with Crippen molar-refractivity contribution in [2.24, 2.45) is 17.1 Å². The molecule has 2 atom stereocenters. The second-order valence-electron chi connectivity index (χ2n) is 6.51. The van der Waals surface area contributed by atoms with Gasteiger partial charge < -0.3 is 16.2 Å². The van der Waals surface area contributed by atoms with E-state index in [0.29, 0.717) is 25.3 Å². The molecule has 0 aromatic rings. The SMILES string of the molecule is CC(CN)CCC(=O)NC(CC(=O)O)CC(C)(C)C. The van der Waals surface area contributed by atoms with Crippen LogP contribution in [0.4, 0.5) is 0 Å². The maximum atomic E-state index is 11.8. The number of aliphatic carboxylic acids is 1. The minimum Gasteiger partial charge on any atom is -0.481 e. The van der Waals surface area contributed by atoms with Crippen LogP contribution in [-0.4, -0.2) is 29.6 Å². The van der Waals surface area contributed by atoms with Crippen molar-refractivity contribution in [2.45, 2.75) is 59.4 Å². The van der Waals surface area contributed by atoms with E-state index < -0.39 is 5.97 Å². The lowest BCUT2D eigenvalue weighted by molar-refractivity contribution is -0.137. The van der Waals surface area contributed by atoms with Gasteiger partial charge in [0.1, 0.15) is 0 Å². The summed E-state index contributed by atoms with van der Waals surface area (Å²) < 4.78 is 0. The van der Waals surface area contributed by atoms with Crippen LogP contribution in [0.5, 0.6) is 0 Å². The zero-order valence-corrected chi connectivity index (χ0v) is 12.5. The molecule has 19 heavy (non-hydrogen) atoms. The van der Waals surface area contributed by atoms with E-state index in [1.54, 1.807) is 0 Å². The highest BCUT2D eigenvalue weighted by atomic mass is 16.4. The van der Waals surface area contributed by atoms with Crippen LogP contribution >= 0.6 is 0 Å². The molecule has 0 saturated heterocycles. The summed E-state index contributed by atoms with van der Waals surface area (Å²) in [6.45, 7) is 8.66. The second-order valence-corrected chi connectivity index (χ2v) is 6.51. The van der Waals surface area contributed by atoms with Crippen molar-refractivity contribution in [1.82, 2.24) is 5.32 Å². The van der Waals surface area contributed by atoms with Crippen molar-refractivity contribution >= 4 is 11.9 Å². The van der Waals surface area contributed by atoms with Crippen LogP contribution in [-0.2, 0) is 9.59 Å². The molecule has 0 radical (unpaired) electrons. The first kappa shape index (κ1) is 17.9. The number of hydrogen-bond acceptors (Lipinski definition) is 3. The summed E-state index contributed by atoms with van der Waals surface area (Å²) in [5.74, 6) is -0.660. The van der Waals surface area contributed by atoms with E-state index in [1.807, 2.05) is 27.7 Å². The van der Waals surface area contributed by atoms with E-state index in [4.69, 9.17) is 10.8 Å². The van der Waals surface area contributed by atoms with E-state index >= 15 is 0 Å². The Balaban J connectivity index is 4.30. The number of nitrogens with two attached hydrogens (primary N) is 1. The number of carboxylic acids is 1. The third-order valence-electron chi connectivity index (χ3n) is 2.91. The molecular weight excluding hydrogens is 244 g/mol. The monoisotopic (exact) mass is 272 g/mol. The van der Waals surface area contributed by atoms with Crippen molar-refractivity contribution in [1.29, 1.82) is 0 Å². The zero-order chi connectivity index (χ0) is 15.1. The lowest BCUT2D eigenvalue weighted by Crippen LogP contribution is -2.39. The first-order valence-corrected chi connectivity index (χ1v) is 6.85. The van der Waals surface area contributed by atoms with E-state index in [-0.39, 0.29) is 23.8 Å². The highest BCUT2D eigenvalue weighted by molar-refractivity contribution is 5.77. The molecule has 2 unspecified atom stereocenters. The molecule has 5 heteroatoms. The molecule has 5 nitrogen and oxygen atoms in total. The number of carbonyl (C=O) groups excluding carboxylic acids is 1. The summed E-state index contributed by atoms with van der Waals surface area (Å²) in [4.78, 5) is 22.6. The summed E-state index contributed by atoms with van der Waals surface area (Å²) in [7, 11) is 0. The third-order valence-corrected chi connectivity index (χ3v) is 2.91. The molecule has 0 spiro atoms. The number of rotatable bonds is 8. The molecule has 0 saturated carbocycles. The number of nitrogens with one attached hydrogen (secondary N) is 1. The predicted molar refractivity (Wildman–Crippen MR) is 75.7 cm³/mol. The minimum atomic E-state index is -0.884. The molecular formula is C14H28N2O3. The van der Waals surface area contributed by atoms with Crippen LogP contribution in [0, 0.1) is 11.3 Å². The first-order chi connectivity index (χ1) is 8.64.